The van der Waals surface area contributed by atoms with Crippen molar-refractivity contribution >= 4 is 15.7 Å². The first kappa shape index (κ1) is 18.0. The predicted molar refractivity (Wildman–Crippen MR) is 93.0 cm³/mol. The normalized spacial score (nSPS) is 18.6. The molecule has 1 heterocycles. The van der Waals surface area contributed by atoms with E-state index in [0.29, 0.717) is 6.54 Å². The number of benzene rings is 1. The maximum absolute atomic E-state index is 12.7. The third-order valence-corrected chi connectivity index (χ3v) is 7.03. The van der Waals surface area contributed by atoms with Gasteiger partial charge in [-0.05, 0) is 44.7 Å². The van der Waals surface area contributed by atoms with Crippen molar-refractivity contribution in [2.45, 2.75) is 57.7 Å². The summed E-state index contributed by atoms with van der Waals surface area (Å²) in [5, 5.41) is 0. The Kier molecular flexibility index (Phi) is 5.19. The van der Waals surface area contributed by atoms with Gasteiger partial charge in [-0.25, -0.2) is 8.42 Å². The SMILES string of the molecule is CCC[C@@H]1c2ccccc2CCN1C(=O)CS(=O)(=O)C(C)(C)C. The Hall–Kier alpha value is -1.36. The van der Waals surface area contributed by atoms with E-state index in [-0.39, 0.29) is 11.9 Å². The lowest BCUT2D eigenvalue weighted by Gasteiger charge is -2.38. The van der Waals surface area contributed by atoms with E-state index in [2.05, 4.69) is 19.1 Å². The van der Waals surface area contributed by atoms with Gasteiger partial charge in [-0.1, -0.05) is 37.6 Å². The number of carbonyl (C=O) groups is 1. The van der Waals surface area contributed by atoms with Crippen LogP contribution in [0.4, 0.5) is 0 Å². The Balaban J connectivity index is 2.27. The molecular weight excluding hydrogens is 310 g/mol. The summed E-state index contributed by atoms with van der Waals surface area (Å²) in [7, 11) is -3.45. The van der Waals surface area contributed by atoms with Crippen LogP contribution in [0.1, 0.15) is 57.7 Å². The zero-order valence-electron chi connectivity index (χ0n) is 14.5. The first-order valence-electron chi connectivity index (χ1n) is 8.27. The van der Waals surface area contributed by atoms with Gasteiger partial charge in [0.1, 0.15) is 5.75 Å². The van der Waals surface area contributed by atoms with Gasteiger partial charge in [-0.3, -0.25) is 4.79 Å². The number of amides is 1. The summed E-state index contributed by atoms with van der Waals surface area (Å²) in [4.78, 5) is 14.5. The molecule has 5 heteroatoms. The molecule has 4 nitrogen and oxygen atoms in total. The average molecular weight is 337 g/mol. The van der Waals surface area contributed by atoms with E-state index in [1.165, 1.54) is 11.1 Å². The number of rotatable bonds is 4. The van der Waals surface area contributed by atoms with E-state index in [4.69, 9.17) is 0 Å². The van der Waals surface area contributed by atoms with Crippen molar-refractivity contribution in [2.75, 3.05) is 12.3 Å². The number of hydrogen-bond acceptors (Lipinski definition) is 3. The molecule has 23 heavy (non-hydrogen) atoms. The molecule has 0 aliphatic carbocycles. The highest BCUT2D eigenvalue weighted by Crippen LogP contribution is 2.33. The minimum Gasteiger partial charge on any atom is -0.334 e. The van der Waals surface area contributed by atoms with Crippen LogP contribution < -0.4 is 0 Å². The van der Waals surface area contributed by atoms with Crippen LogP contribution >= 0.6 is 0 Å². The monoisotopic (exact) mass is 337 g/mol. The minimum atomic E-state index is -3.45. The molecule has 2 rings (SSSR count). The van der Waals surface area contributed by atoms with Crippen LogP contribution in [0, 0.1) is 0 Å². The molecule has 0 spiro atoms. The van der Waals surface area contributed by atoms with E-state index in [1.807, 2.05) is 12.1 Å². The van der Waals surface area contributed by atoms with Gasteiger partial charge >= 0.3 is 0 Å². The molecule has 1 aromatic rings. The Morgan fingerprint density at radius 2 is 1.91 bits per heavy atom. The largest absolute Gasteiger partial charge is 0.334 e. The summed E-state index contributed by atoms with van der Waals surface area (Å²) in [6.45, 7) is 7.62. The van der Waals surface area contributed by atoms with Crippen molar-refractivity contribution in [3.8, 4) is 0 Å². The van der Waals surface area contributed by atoms with Gasteiger partial charge in [-0.15, -0.1) is 0 Å². The van der Waals surface area contributed by atoms with Crippen LogP contribution in [-0.2, 0) is 21.1 Å². The highest BCUT2D eigenvalue weighted by Gasteiger charge is 2.36. The molecule has 0 N–H and O–H groups in total. The fourth-order valence-corrected chi connectivity index (χ4v) is 3.92. The fourth-order valence-electron chi connectivity index (χ4n) is 3.00. The first-order valence-corrected chi connectivity index (χ1v) is 9.92. The molecule has 1 aliphatic heterocycles. The average Bonchev–Trinajstić information content (AvgIpc) is 2.46. The zero-order valence-corrected chi connectivity index (χ0v) is 15.3. The van der Waals surface area contributed by atoms with E-state index in [1.54, 1.807) is 25.7 Å². The van der Waals surface area contributed by atoms with Crippen LogP contribution in [0.25, 0.3) is 0 Å². The Bertz CT molecular complexity index is 674. The van der Waals surface area contributed by atoms with Gasteiger partial charge in [0.15, 0.2) is 9.84 Å². The van der Waals surface area contributed by atoms with E-state index < -0.39 is 20.3 Å². The van der Waals surface area contributed by atoms with Crippen LogP contribution in [0.2, 0.25) is 0 Å². The summed E-state index contributed by atoms with van der Waals surface area (Å²) in [6, 6.07) is 8.16. The van der Waals surface area contributed by atoms with E-state index >= 15 is 0 Å². The summed E-state index contributed by atoms with van der Waals surface area (Å²) >= 11 is 0. The second-order valence-corrected chi connectivity index (χ2v) is 9.95. The van der Waals surface area contributed by atoms with Crippen LogP contribution in [0.3, 0.4) is 0 Å². The molecule has 0 fully saturated rings. The van der Waals surface area contributed by atoms with Gasteiger partial charge in [0.2, 0.25) is 5.91 Å². The van der Waals surface area contributed by atoms with Crippen molar-refractivity contribution in [1.29, 1.82) is 0 Å². The van der Waals surface area contributed by atoms with Gasteiger partial charge in [0.25, 0.3) is 0 Å². The maximum atomic E-state index is 12.7. The van der Waals surface area contributed by atoms with Crippen molar-refractivity contribution in [3.05, 3.63) is 35.4 Å². The van der Waals surface area contributed by atoms with E-state index in [9.17, 15) is 13.2 Å². The Morgan fingerprint density at radius 1 is 1.26 bits per heavy atom. The van der Waals surface area contributed by atoms with Crippen LogP contribution in [0.15, 0.2) is 24.3 Å². The third-order valence-electron chi connectivity index (χ3n) is 4.54. The highest BCUT2D eigenvalue weighted by molar-refractivity contribution is 7.93. The van der Waals surface area contributed by atoms with Gasteiger partial charge in [0.05, 0.1) is 10.8 Å². The molecule has 128 valence electrons. The second-order valence-electron chi connectivity index (χ2n) is 7.21. The number of sulfone groups is 1. The molecule has 0 radical (unpaired) electrons. The van der Waals surface area contributed by atoms with Crippen LogP contribution in [0.5, 0.6) is 0 Å². The molecule has 1 amide bonds. The number of nitrogens with zero attached hydrogens (tertiary/aromatic N) is 1. The first-order chi connectivity index (χ1) is 10.7. The van der Waals surface area contributed by atoms with Crippen LogP contribution in [-0.4, -0.2) is 36.3 Å². The standard InChI is InChI=1S/C18H27NO3S/c1-5-8-16-15-10-7-6-9-14(15)11-12-19(16)17(20)13-23(21,22)18(2,3)4/h6-7,9-10,16H,5,8,11-13H2,1-4H3/t16-/m1/s1. The fraction of sp³-hybridized carbons (Fsp3) is 0.611. The Labute approximate surface area is 139 Å². The molecule has 1 aliphatic rings. The third kappa shape index (κ3) is 3.77. The predicted octanol–water partition coefficient (Wildman–Crippen LogP) is 3.13. The quantitative estimate of drug-likeness (QED) is 0.848. The van der Waals surface area contributed by atoms with Crippen molar-refractivity contribution in [2.24, 2.45) is 0 Å². The summed E-state index contributed by atoms with van der Waals surface area (Å²) in [6.07, 6.45) is 2.60. The lowest BCUT2D eigenvalue weighted by atomic mass is 9.90. The summed E-state index contributed by atoms with van der Waals surface area (Å²) in [5.74, 6) is -0.674. The summed E-state index contributed by atoms with van der Waals surface area (Å²) < 4.78 is 23.8. The summed E-state index contributed by atoms with van der Waals surface area (Å²) in [5.41, 5.74) is 2.44. The topological polar surface area (TPSA) is 54.5 Å². The second kappa shape index (κ2) is 6.63. The molecule has 0 aromatic heterocycles. The van der Waals surface area contributed by atoms with Crippen molar-refractivity contribution in [3.63, 3.8) is 0 Å². The highest BCUT2D eigenvalue weighted by atomic mass is 32.2. The van der Waals surface area contributed by atoms with Crippen molar-refractivity contribution in [1.82, 2.24) is 4.90 Å². The molecule has 0 saturated carbocycles. The lowest BCUT2D eigenvalue weighted by Crippen LogP contribution is -2.45. The number of hydrogen-bond donors (Lipinski definition) is 0. The number of fused-ring (bicyclic) bond motifs is 1. The smallest absolute Gasteiger partial charge is 0.238 e. The van der Waals surface area contributed by atoms with Gasteiger partial charge in [0, 0.05) is 6.54 Å². The molecule has 1 atom stereocenters. The number of carbonyl (C=O) groups excluding carboxylic acids is 1. The zero-order chi connectivity index (χ0) is 17.3. The maximum Gasteiger partial charge on any atom is 0.238 e. The molecule has 1 aromatic carbocycles. The molecule has 0 bridgehead atoms. The van der Waals surface area contributed by atoms with Gasteiger partial charge < -0.3 is 4.90 Å². The Morgan fingerprint density at radius 3 is 2.52 bits per heavy atom. The molecular formula is C18H27NO3S. The van der Waals surface area contributed by atoms with Gasteiger partial charge in [-0.2, -0.15) is 0 Å². The van der Waals surface area contributed by atoms with Crippen molar-refractivity contribution < 1.29 is 13.2 Å². The lowest BCUT2D eigenvalue weighted by molar-refractivity contribution is -0.131. The van der Waals surface area contributed by atoms with E-state index in [0.717, 1.165) is 19.3 Å². The molecule has 0 unspecified atom stereocenters. The minimum absolute atomic E-state index is 0.00683. The molecule has 0 saturated heterocycles.